The van der Waals surface area contributed by atoms with E-state index in [0.717, 1.165) is 5.56 Å². The topological polar surface area (TPSA) is 94.0 Å². The Kier molecular flexibility index (Phi) is 8.49. The lowest BCUT2D eigenvalue weighted by atomic mass is 9.85. The molecule has 0 saturated carbocycles. The number of aryl methyl sites for hydroxylation is 2. The molecule has 0 amide bonds. The molecule has 6 rings (SSSR count). The summed E-state index contributed by atoms with van der Waals surface area (Å²) in [5.74, 6) is 0.0335. The Morgan fingerprint density at radius 2 is 1.20 bits per heavy atom. The van der Waals surface area contributed by atoms with Crippen LogP contribution in [0.15, 0.2) is 113 Å². The number of aromatic amines is 2. The van der Waals surface area contributed by atoms with Gasteiger partial charge in [-0.1, -0.05) is 78.3 Å². The molecule has 228 valence electrons. The Morgan fingerprint density at radius 1 is 0.711 bits per heavy atom. The summed E-state index contributed by atoms with van der Waals surface area (Å²) in [6.07, 6.45) is 0. The summed E-state index contributed by atoms with van der Waals surface area (Å²) in [6, 6.07) is 32.0. The molecular weight excluding hydrogens is 588 g/mol. The Hall–Kier alpha value is -5.21. The summed E-state index contributed by atoms with van der Waals surface area (Å²) in [5, 5.41) is 6.76. The number of rotatable bonds is 10. The van der Waals surface area contributed by atoms with Crippen LogP contribution in [0.2, 0.25) is 5.02 Å². The number of para-hydroxylation sites is 2. The molecule has 0 radical (unpaired) electrons. The van der Waals surface area contributed by atoms with E-state index in [1.807, 2.05) is 118 Å². The number of H-pyrrole nitrogens is 2. The van der Waals surface area contributed by atoms with Crippen molar-refractivity contribution in [3.05, 3.63) is 163 Å². The second kappa shape index (κ2) is 12.8. The molecular formula is C36H33ClN4O4. The van der Waals surface area contributed by atoms with E-state index in [0.29, 0.717) is 69.2 Å². The smallest absolute Gasteiger partial charge is 0.275 e. The predicted octanol–water partition coefficient (Wildman–Crippen LogP) is 7.07. The van der Waals surface area contributed by atoms with Gasteiger partial charge in [0.15, 0.2) is 11.5 Å². The largest absolute Gasteiger partial charge is 0.490 e. The Labute approximate surface area is 265 Å². The molecule has 0 aliphatic carbocycles. The van der Waals surface area contributed by atoms with Crippen molar-refractivity contribution in [2.45, 2.75) is 33.3 Å². The van der Waals surface area contributed by atoms with E-state index in [4.69, 9.17) is 21.1 Å². The van der Waals surface area contributed by atoms with Crippen molar-refractivity contribution in [2.24, 2.45) is 0 Å². The van der Waals surface area contributed by atoms with Gasteiger partial charge in [0.05, 0.1) is 34.1 Å². The third-order valence-corrected chi connectivity index (χ3v) is 8.01. The fourth-order valence-electron chi connectivity index (χ4n) is 5.68. The number of halogens is 1. The van der Waals surface area contributed by atoms with Crippen molar-refractivity contribution < 1.29 is 9.47 Å². The van der Waals surface area contributed by atoms with Gasteiger partial charge >= 0.3 is 0 Å². The highest BCUT2D eigenvalue weighted by molar-refractivity contribution is 6.32. The number of nitrogens with zero attached hydrogens (tertiary/aromatic N) is 2. The van der Waals surface area contributed by atoms with E-state index in [1.165, 1.54) is 9.36 Å². The number of hydrogen-bond acceptors (Lipinski definition) is 4. The molecule has 9 heteroatoms. The Balaban J connectivity index is 1.55. The normalized spacial score (nSPS) is 11.2. The zero-order chi connectivity index (χ0) is 31.5. The van der Waals surface area contributed by atoms with Gasteiger partial charge in [0, 0.05) is 17.3 Å². The van der Waals surface area contributed by atoms with Gasteiger partial charge in [0.25, 0.3) is 11.1 Å². The Bertz CT molecular complexity index is 1950. The molecule has 0 fully saturated rings. The minimum Gasteiger partial charge on any atom is -0.490 e. The molecule has 0 atom stereocenters. The SMILES string of the molecule is CCOc1cc(C(c2c(C)[nH]n(-c3ccccc3)c2=O)c2c(C)[nH]n(-c3ccccc3)c2=O)cc(Cl)c1OCc1ccccc1. The molecule has 6 aromatic rings. The molecule has 0 aliphatic rings. The molecule has 2 heterocycles. The number of aromatic nitrogens is 4. The van der Waals surface area contributed by atoms with Crippen molar-refractivity contribution >= 4 is 11.6 Å². The van der Waals surface area contributed by atoms with Crippen LogP contribution in [-0.4, -0.2) is 26.2 Å². The maximum Gasteiger partial charge on any atom is 0.275 e. The second-order valence-electron chi connectivity index (χ2n) is 10.7. The van der Waals surface area contributed by atoms with Crippen LogP contribution in [-0.2, 0) is 6.61 Å². The number of ether oxygens (including phenoxy) is 2. The fraction of sp³-hybridized carbons (Fsp3) is 0.167. The van der Waals surface area contributed by atoms with Gasteiger partial charge in [-0.15, -0.1) is 0 Å². The van der Waals surface area contributed by atoms with Gasteiger partial charge in [-0.05, 0) is 68.3 Å². The van der Waals surface area contributed by atoms with Crippen LogP contribution < -0.4 is 20.6 Å². The van der Waals surface area contributed by atoms with Gasteiger partial charge in [-0.3, -0.25) is 19.8 Å². The molecule has 0 saturated heterocycles. The van der Waals surface area contributed by atoms with Crippen molar-refractivity contribution in [1.82, 2.24) is 19.6 Å². The van der Waals surface area contributed by atoms with Crippen LogP contribution in [0.4, 0.5) is 0 Å². The highest BCUT2D eigenvalue weighted by Gasteiger charge is 2.32. The van der Waals surface area contributed by atoms with Crippen molar-refractivity contribution in [1.29, 1.82) is 0 Å². The molecule has 0 unspecified atom stereocenters. The average molecular weight is 621 g/mol. The van der Waals surface area contributed by atoms with Crippen molar-refractivity contribution in [2.75, 3.05) is 6.61 Å². The number of nitrogens with one attached hydrogen (secondary N) is 2. The Morgan fingerprint density at radius 3 is 1.69 bits per heavy atom. The summed E-state index contributed by atoms with van der Waals surface area (Å²) >= 11 is 6.93. The quantitative estimate of drug-likeness (QED) is 0.171. The van der Waals surface area contributed by atoms with Crippen LogP contribution in [0.3, 0.4) is 0 Å². The summed E-state index contributed by atoms with van der Waals surface area (Å²) in [6.45, 7) is 6.20. The lowest BCUT2D eigenvalue weighted by Gasteiger charge is -2.20. The molecule has 45 heavy (non-hydrogen) atoms. The lowest BCUT2D eigenvalue weighted by molar-refractivity contribution is 0.269. The highest BCUT2D eigenvalue weighted by atomic mass is 35.5. The monoisotopic (exact) mass is 620 g/mol. The van der Waals surface area contributed by atoms with E-state index >= 15 is 0 Å². The van der Waals surface area contributed by atoms with Gasteiger partial charge in [0.2, 0.25) is 0 Å². The molecule has 2 N–H and O–H groups in total. The molecule has 0 aliphatic heterocycles. The minimum absolute atomic E-state index is 0.270. The van der Waals surface area contributed by atoms with Gasteiger partial charge in [-0.2, -0.15) is 0 Å². The molecule has 8 nitrogen and oxygen atoms in total. The first kappa shape index (κ1) is 29.8. The first-order valence-electron chi connectivity index (χ1n) is 14.7. The first-order valence-corrected chi connectivity index (χ1v) is 15.1. The average Bonchev–Trinajstić information content (AvgIpc) is 3.52. The van der Waals surface area contributed by atoms with Crippen molar-refractivity contribution in [3.63, 3.8) is 0 Å². The van der Waals surface area contributed by atoms with Crippen LogP contribution in [0.1, 0.15) is 46.5 Å². The molecule has 0 bridgehead atoms. The third kappa shape index (κ3) is 5.84. The summed E-state index contributed by atoms with van der Waals surface area (Å²) in [7, 11) is 0. The van der Waals surface area contributed by atoms with E-state index in [2.05, 4.69) is 10.2 Å². The zero-order valence-corrected chi connectivity index (χ0v) is 26.0. The molecule has 0 spiro atoms. The predicted molar refractivity (Wildman–Crippen MR) is 177 cm³/mol. The maximum absolute atomic E-state index is 14.2. The zero-order valence-electron chi connectivity index (χ0n) is 25.2. The van der Waals surface area contributed by atoms with Crippen LogP contribution in [0.5, 0.6) is 11.5 Å². The standard InChI is InChI=1S/C36H33ClN4O4/c1-4-44-30-21-26(20-29(37)34(30)45-22-25-14-8-5-9-15-25)33(31-23(2)38-40(35(31)42)27-16-10-6-11-17-27)32-24(3)39-41(36(32)43)28-18-12-7-13-19-28/h5-21,33,38-39H,4,22H2,1-3H3. The second-order valence-corrected chi connectivity index (χ2v) is 11.1. The van der Waals surface area contributed by atoms with Gasteiger partial charge in [0.1, 0.15) is 6.61 Å². The minimum atomic E-state index is -0.785. The van der Waals surface area contributed by atoms with Gasteiger partial charge in [-0.25, -0.2) is 9.36 Å². The molecule has 2 aromatic heterocycles. The van der Waals surface area contributed by atoms with Crippen molar-refractivity contribution in [3.8, 4) is 22.9 Å². The van der Waals surface area contributed by atoms with E-state index in [9.17, 15) is 9.59 Å². The van der Waals surface area contributed by atoms with E-state index in [1.54, 1.807) is 6.07 Å². The number of benzene rings is 4. The summed E-state index contributed by atoms with van der Waals surface area (Å²) in [5.41, 5.74) is 4.52. The van der Waals surface area contributed by atoms with E-state index < -0.39 is 5.92 Å². The van der Waals surface area contributed by atoms with Crippen LogP contribution in [0.25, 0.3) is 11.4 Å². The summed E-state index contributed by atoms with van der Waals surface area (Å²) in [4.78, 5) is 28.4. The van der Waals surface area contributed by atoms with Gasteiger partial charge < -0.3 is 9.47 Å². The first-order chi connectivity index (χ1) is 21.9. The van der Waals surface area contributed by atoms with Crippen LogP contribution in [0, 0.1) is 13.8 Å². The highest BCUT2D eigenvalue weighted by Crippen LogP contribution is 2.42. The fourth-order valence-corrected chi connectivity index (χ4v) is 5.96. The molecule has 4 aromatic carbocycles. The third-order valence-electron chi connectivity index (χ3n) is 7.73. The van der Waals surface area contributed by atoms with Crippen LogP contribution >= 0.6 is 11.6 Å². The summed E-state index contributed by atoms with van der Waals surface area (Å²) < 4.78 is 15.2. The number of hydrogen-bond donors (Lipinski definition) is 2. The van der Waals surface area contributed by atoms with E-state index in [-0.39, 0.29) is 11.1 Å². The lowest BCUT2D eigenvalue weighted by Crippen LogP contribution is -2.25. The maximum atomic E-state index is 14.2.